The maximum Gasteiger partial charge on any atom is 0.346 e. The van der Waals surface area contributed by atoms with Gasteiger partial charge in [-0.25, -0.2) is 9.59 Å². The Morgan fingerprint density at radius 1 is 1.53 bits per heavy atom. The maximum atomic E-state index is 11.3. The number of thioether (sulfide) groups is 1. The molecule has 0 bridgehead atoms. The van der Waals surface area contributed by atoms with Gasteiger partial charge in [0.25, 0.3) is 0 Å². The molecule has 1 aliphatic rings. The van der Waals surface area contributed by atoms with E-state index in [1.807, 2.05) is 0 Å². The second-order valence-corrected chi connectivity index (χ2v) is 5.53. The quantitative estimate of drug-likeness (QED) is 0.639. The zero-order chi connectivity index (χ0) is 13.8. The molecule has 7 heteroatoms. The summed E-state index contributed by atoms with van der Waals surface area (Å²) < 4.78 is 5.28. The summed E-state index contributed by atoms with van der Waals surface area (Å²) in [5, 5.41) is 9.48. The third-order valence-electron chi connectivity index (χ3n) is 3.10. The van der Waals surface area contributed by atoms with Crippen molar-refractivity contribution in [2.24, 2.45) is 5.92 Å². The number of aryl methyl sites for hydroxylation is 1. The van der Waals surface area contributed by atoms with Crippen LogP contribution < -0.4 is 5.69 Å². The molecule has 1 aromatic heterocycles. The SMILES string of the molecule is Cc1[nH]c(=O)nc(SCC2CCOCC2)c1C(=O)O. The number of carboxylic acids is 1. The predicted octanol–water partition coefficient (Wildman–Crippen LogP) is 1.30. The number of nitrogens with zero attached hydrogens (tertiary/aromatic N) is 1. The van der Waals surface area contributed by atoms with Crippen molar-refractivity contribution < 1.29 is 14.6 Å². The van der Waals surface area contributed by atoms with E-state index in [9.17, 15) is 14.7 Å². The first-order valence-electron chi connectivity index (χ1n) is 6.12. The Morgan fingerprint density at radius 3 is 2.84 bits per heavy atom. The molecule has 1 fully saturated rings. The van der Waals surface area contributed by atoms with Gasteiger partial charge in [-0.1, -0.05) is 0 Å². The predicted molar refractivity (Wildman–Crippen MR) is 70.8 cm³/mol. The third-order valence-corrected chi connectivity index (χ3v) is 4.30. The van der Waals surface area contributed by atoms with Gasteiger partial charge >= 0.3 is 11.7 Å². The Labute approximate surface area is 114 Å². The lowest BCUT2D eigenvalue weighted by Crippen LogP contribution is -2.20. The molecule has 2 N–H and O–H groups in total. The molecule has 2 rings (SSSR count). The topological polar surface area (TPSA) is 92.3 Å². The van der Waals surface area contributed by atoms with Gasteiger partial charge in [-0.3, -0.25) is 0 Å². The number of nitrogens with one attached hydrogen (secondary N) is 1. The maximum absolute atomic E-state index is 11.3. The normalized spacial score (nSPS) is 16.5. The van der Waals surface area contributed by atoms with Crippen LogP contribution in [0.25, 0.3) is 0 Å². The number of carbonyl (C=O) groups is 1. The lowest BCUT2D eigenvalue weighted by molar-refractivity contribution is 0.0689. The second kappa shape index (κ2) is 6.21. The van der Waals surface area contributed by atoms with Crippen LogP contribution in [0.15, 0.2) is 9.82 Å². The van der Waals surface area contributed by atoms with Crippen molar-refractivity contribution in [1.82, 2.24) is 9.97 Å². The fourth-order valence-electron chi connectivity index (χ4n) is 2.03. The number of aromatic nitrogens is 2. The summed E-state index contributed by atoms with van der Waals surface area (Å²) in [7, 11) is 0. The van der Waals surface area contributed by atoms with Crippen molar-refractivity contribution in [2.45, 2.75) is 24.8 Å². The van der Waals surface area contributed by atoms with Gasteiger partial charge in [-0.05, 0) is 25.7 Å². The largest absolute Gasteiger partial charge is 0.478 e. The first kappa shape index (κ1) is 14.1. The zero-order valence-corrected chi connectivity index (χ0v) is 11.5. The minimum atomic E-state index is -1.06. The van der Waals surface area contributed by atoms with Crippen LogP contribution >= 0.6 is 11.8 Å². The molecule has 104 valence electrons. The summed E-state index contributed by atoms with van der Waals surface area (Å²) in [5.41, 5.74) is -0.0596. The van der Waals surface area contributed by atoms with Crippen molar-refractivity contribution in [3.63, 3.8) is 0 Å². The minimum Gasteiger partial charge on any atom is -0.478 e. The van der Waals surface area contributed by atoms with E-state index in [0.29, 0.717) is 16.6 Å². The minimum absolute atomic E-state index is 0.0941. The van der Waals surface area contributed by atoms with E-state index in [2.05, 4.69) is 9.97 Å². The highest BCUT2D eigenvalue weighted by atomic mass is 32.2. The van der Waals surface area contributed by atoms with Gasteiger partial charge < -0.3 is 14.8 Å². The van der Waals surface area contributed by atoms with Crippen LogP contribution in [0.5, 0.6) is 0 Å². The van der Waals surface area contributed by atoms with Crippen LogP contribution in [0, 0.1) is 12.8 Å². The molecule has 1 aromatic rings. The number of aromatic amines is 1. The van der Waals surface area contributed by atoms with E-state index in [-0.39, 0.29) is 5.56 Å². The summed E-state index contributed by atoms with van der Waals surface area (Å²) in [6.45, 7) is 3.07. The van der Waals surface area contributed by atoms with Gasteiger partial charge in [0, 0.05) is 24.7 Å². The highest BCUT2D eigenvalue weighted by Gasteiger charge is 2.20. The van der Waals surface area contributed by atoms with Gasteiger partial charge in [-0.15, -0.1) is 11.8 Å². The van der Waals surface area contributed by atoms with E-state index in [1.165, 1.54) is 11.8 Å². The van der Waals surface area contributed by atoms with Gasteiger partial charge in [0.05, 0.1) is 0 Å². The number of H-pyrrole nitrogens is 1. The van der Waals surface area contributed by atoms with Crippen molar-refractivity contribution >= 4 is 17.7 Å². The lowest BCUT2D eigenvalue weighted by atomic mass is 10.0. The highest BCUT2D eigenvalue weighted by Crippen LogP contribution is 2.27. The summed E-state index contributed by atoms with van der Waals surface area (Å²) in [6.07, 6.45) is 1.94. The molecular formula is C12H16N2O4S. The smallest absolute Gasteiger partial charge is 0.346 e. The summed E-state index contributed by atoms with van der Waals surface area (Å²) >= 11 is 1.34. The second-order valence-electron chi connectivity index (χ2n) is 4.52. The summed E-state index contributed by atoms with van der Waals surface area (Å²) in [5.74, 6) is 0.192. The standard InChI is InChI=1S/C12H16N2O4S/c1-7-9(11(15)16)10(14-12(17)13-7)19-6-8-2-4-18-5-3-8/h8H,2-6H2,1H3,(H,15,16)(H,13,14,17). The Balaban J connectivity index is 2.14. The molecular weight excluding hydrogens is 268 g/mol. The van der Waals surface area contributed by atoms with E-state index in [1.54, 1.807) is 6.92 Å². The van der Waals surface area contributed by atoms with Gasteiger partial charge in [0.1, 0.15) is 10.6 Å². The van der Waals surface area contributed by atoms with Crippen LogP contribution in [0.3, 0.4) is 0 Å². The lowest BCUT2D eigenvalue weighted by Gasteiger charge is -2.21. The number of hydrogen-bond donors (Lipinski definition) is 2. The molecule has 0 amide bonds. The van der Waals surface area contributed by atoms with Crippen molar-refractivity contribution in [2.75, 3.05) is 19.0 Å². The number of hydrogen-bond acceptors (Lipinski definition) is 5. The van der Waals surface area contributed by atoms with Crippen LogP contribution in [-0.4, -0.2) is 40.0 Å². The molecule has 19 heavy (non-hydrogen) atoms. The Morgan fingerprint density at radius 2 is 2.21 bits per heavy atom. The first-order valence-corrected chi connectivity index (χ1v) is 7.11. The number of ether oxygens (including phenoxy) is 1. The molecule has 0 saturated carbocycles. The van der Waals surface area contributed by atoms with Crippen LogP contribution in [-0.2, 0) is 4.74 Å². The van der Waals surface area contributed by atoms with Crippen molar-refractivity contribution in [3.05, 3.63) is 21.7 Å². The third kappa shape index (κ3) is 3.57. The molecule has 0 spiro atoms. The van der Waals surface area contributed by atoms with Gasteiger partial charge in [-0.2, -0.15) is 4.98 Å². The molecule has 1 aliphatic heterocycles. The zero-order valence-electron chi connectivity index (χ0n) is 10.6. The fraction of sp³-hybridized carbons (Fsp3) is 0.583. The monoisotopic (exact) mass is 284 g/mol. The molecule has 0 unspecified atom stereocenters. The van der Waals surface area contributed by atoms with E-state index >= 15 is 0 Å². The number of aromatic carboxylic acids is 1. The first-order chi connectivity index (χ1) is 9.08. The molecule has 2 heterocycles. The Hall–Kier alpha value is -1.34. The molecule has 1 saturated heterocycles. The summed E-state index contributed by atoms with van der Waals surface area (Å²) in [6, 6.07) is 0. The molecule has 0 aromatic carbocycles. The average molecular weight is 284 g/mol. The van der Waals surface area contributed by atoms with Crippen molar-refractivity contribution in [1.29, 1.82) is 0 Å². The molecule has 6 nitrogen and oxygen atoms in total. The van der Waals surface area contributed by atoms with Crippen LogP contribution in [0.1, 0.15) is 28.9 Å². The summed E-state index contributed by atoms with van der Waals surface area (Å²) in [4.78, 5) is 28.8. The Bertz CT molecular complexity index is 523. The molecule has 0 aliphatic carbocycles. The van der Waals surface area contributed by atoms with Gasteiger partial charge in [0.2, 0.25) is 0 Å². The van der Waals surface area contributed by atoms with E-state index < -0.39 is 11.7 Å². The number of rotatable bonds is 4. The highest BCUT2D eigenvalue weighted by molar-refractivity contribution is 7.99. The Kier molecular flexibility index (Phi) is 4.60. The average Bonchev–Trinajstić information content (AvgIpc) is 2.36. The number of carboxylic acid groups (broad SMARTS) is 1. The molecule has 0 radical (unpaired) electrons. The van der Waals surface area contributed by atoms with E-state index in [0.717, 1.165) is 31.8 Å². The van der Waals surface area contributed by atoms with Crippen LogP contribution in [0.4, 0.5) is 0 Å². The van der Waals surface area contributed by atoms with Crippen molar-refractivity contribution in [3.8, 4) is 0 Å². The van der Waals surface area contributed by atoms with E-state index in [4.69, 9.17) is 4.74 Å². The van der Waals surface area contributed by atoms with Crippen LogP contribution in [0.2, 0.25) is 0 Å². The van der Waals surface area contributed by atoms with Gasteiger partial charge in [0.15, 0.2) is 0 Å². The fourth-order valence-corrected chi connectivity index (χ4v) is 3.28. The molecule has 0 atom stereocenters.